The molecule has 0 saturated carbocycles. The van der Waals surface area contributed by atoms with Crippen LogP contribution in [0.4, 0.5) is 16.2 Å². The summed E-state index contributed by atoms with van der Waals surface area (Å²) < 4.78 is 0. The summed E-state index contributed by atoms with van der Waals surface area (Å²) in [6, 6.07) is 15.7. The van der Waals surface area contributed by atoms with E-state index in [1.54, 1.807) is 0 Å². The second kappa shape index (κ2) is 6.79. The molecule has 0 aliphatic heterocycles. The predicted molar refractivity (Wildman–Crippen MR) is 87.5 cm³/mol. The van der Waals surface area contributed by atoms with Crippen molar-refractivity contribution in [3.8, 4) is 0 Å². The van der Waals surface area contributed by atoms with Crippen LogP contribution < -0.4 is 16.4 Å². The van der Waals surface area contributed by atoms with Gasteiger partial charge in [0.1, 0.15) is 0 Å². The molecular weight excluding hydrogens is 262 g/mol. The number of aryl methyl sites for hydroxylation is 1. The summed E-state index contributed by atoms with van der Waals surface area (Å²) in [4.78, 5) is 10.8. The Bertz CT molecular complexity index is 608. The van der Waals surface area contributed by atoms with Gasteiger partial charge in [0.2, 0.25) is 0 Å². The Morgan fingerprint density at radius 2 is 1.86 bits per heavy atom. The number of nitrogens with one attached hydrogen (secondary N) is 2. The van der Waals surface area contributed by atoms with Crippen molar-refractivity contribution >= 4 is 17.4 Å². The van der Waals surface area contributed by atoms with E-state index in [9.17, 15) is 4.79 Å². The second-order valence-electron chi connectivity index (χ2n) is 5.03. The van der Waals surface area contributed by atoms with Gasteiger partial charge in [-0.2, -0.15) is 0 Å². The van der Waals surface area contributed by atoms with E-state index in [1.165, 1.54) is 5.56 Å². The first kappa shape index (κ1) is 14.9. The van der Waals surface area contributed by atoms with Crippen molar-refractivity contribution < 1.29 is 4.79 Å². The zero-order valence-corrected chi connectivity index (χ0v) is 12.4. The number of urea groups is 1. The third kappa shape index (κ3) is 4.24. The first-order valence-corrected chi connectivity index (χ1v) is 7.10. The largest absolute Gasteiger partial charge is 0.379 e. The zero-order valence-electron chi connectivity index (χ0n) is 12.4. The molecule has 0 aromatic heterocycles. The van der Waals surface area contributed by atoms with Crippen LogP contribution in [-0.4, -0.2) is 6.03 Å². The molecule has 2 rings (SSSR count). The van der Waals surface area contributed by atoms with Crippen LogP contribution in [-0.2, 0) is 6.42 Å². The number of primary amides is 1. The van der Waals surface area contributed by atoms with Gasteiger partial charge in [-0.1, -0.05) is 31.2 Å². The molecule has 110 valence electrons. The van der Waals surface area contributed by atoms with Crippen molar-refractivity contribution in [2.75, 3.05) is 10.6 Å². The van der Waals surface area contributed by atoms with Crippen LogP contribution in [0, 0.1) is 0 Å². The summed E-state index contributed by atoms with van der Waals surface area (Å²) in [5.41, 5.74) is 9.36. The normalized spacial score (nSPS) is 11.7. The van der Waals surface area contributed by atoms with Crippen LogP contribution in [0.1, 0.15) is 31.0 Å². The highest BCUT2D eigenvalue weighted by atomic mass is 16.2. The van der Waals surface area contributed by atoms with Gasteiger partial charge in [-0.3, -0.25) is 0 Å². The Hall–Kier alpha value is -2.49. The quantitative estimate of drug-likeness (QED) is 0.778. The fraction of sp³-hybridized carbons (Fsp3) is 0.235. The molecule has 0 saturated heterocycles. The molecule has 0 fully saturated rings. The van der Waals surface area contributed by atoms with Crippen molar-refractivity contribution in [1.29, 1.82) is 0 Å². The van der Waals surface area contributed by atoms with Crippen LogP contribution in [0.5, 0.6) is 0 Å². The third-order valence-electron chi connectivity index (χ3n) is 3.40. The maximum absolute atomic E-state index is 10.8. The average Bonchev–Trinajstić information content (AvgIpc) is 2.47. The second-order valence-corrected chi connectivity index (χ2v) is 5.03. The van der Waals surface area contributed by atoms with Crippen LogP contribution in [0.25, 0.3) is 0 Å². The average molecular weight is 283 g/mol. The van der Waals surface area contributed by atoms with Crippen LogP contribution in [0.15, 0.2) is 48.5 Å². The molecule has 4 heteroatoms. The van der Waals surface area contributed by atoms with E-state index in [0.717, 1.165) is 17.7 Å². The van der Waals surface area contributed by atoms with Gasteiger partial charge in [0.25, 0.3) is 0 Å². The molecule has 0 bridgehead atoms. The van der Waals surface area contributed by atoms with Gasteiger partial charge < -0.3 is 16.4 Å². The third-order valence-corrected chi connectivity index (χ3v) is 3.40. The monoisotopic (exact) mass is 283 g/mol. The van der Waals surface area contributed by atoms with E-state index in [-0.39, 0.29) is 6.04 Å². The fourth-order valence-corrected chi connectivity index (χ4v) is 2.21. The summed E-state index contributed by atoms with van der Waals surface area (Å²) in [7, 11) is 0. The molecule has 4 N–H and O–H groups in total. The first-order chi connectivity index (χ1) is 10.1. The number of amides is 2. The van der Waals surface area contributed by atoms with Crippen molar-refractivity contribution in [2.45, 2.75) is 26.3 Å². The number of rotatable bonds is 5. The van der Waals surface area contributed by atoms with Gasteiger partial charge in [-0.05, 0) is 48.7 Å². The summed E-state index contributed by atoms with van der Waals surface area (Å²) in [6.07, 6.45) is 1.03. The summed E-state index contributed by atoms with van der Waals surface area (Å²) in [6.45, 7) is 4.25. The highest BCUT2D eigenvalue weighted by Crippen LogP contribution is 2.21. The number of anilines is 2. The standard InChI is InChI=1S/C17H21N3O/c1-3-13-5-4-6-16(11-13)19-12(2)14-7-9-15(10-8-14)20-17(18)21/h4-12,19H,3H2,1-2H3,(H3,18,20,21). The van der Waals surface area contributed by atoms with Gasteiger partial charge in [0, 0.05) is 17.4 Å². The van der Waals surface area contributed by atoms with Crippen molar-refractivity contribution in [3.63, 3.8) is 0 Å². The van der Waals surface area contributed by atoms with E-state index in [1.807, 2.05) is 24.3 Å². The minimum Gasteiger partial charge on any atom is -0.379 e. The number of carbonyl (C=O) groups excluding carboxylic acids is 1. The Labute approximate surface area is 125 Å². The molecular formula is C17H21N3O. The Balaban J connectivity index is 2.05. The summed E-state index contributed by atoms with van der Waals surface area (Å²) in [5, 5.41) is 6.04. The molecule has 0 spiro atoms. The minimum atomic E-state index is -0.551. The van der Waals surface area contributed by atoms with Crippen molar-refractivity contribution in [1.82, 2.24) is 0 Å². The molecule has 21 heavy (non-hydrogen) atoms. The van der Waals surface area contributed by atoms with Crippen molar-refractivity contribution in [3.05, 3.63) is 59.7 Å². The van der Waals surface area contributed by atoms with Crippen molar-refractivity contribution in [2.24, 2.45) is 5.73 Å². The highest BCUT2D eigenvalue weighted by molar-refractivity contribution is 5.87. The number of hydrogen-bond donors (Lipinski definition) is 3. The minimum absolute atomic E-state index is 0.180. The SMILES string of the molecule is CCc1cccc(NC(C)c2ccc(NC(N)=O)cc2)c1. The fourth-order valence-electron chi connectivity index (χ4n) is 2.21. The van der Waals surface area contributed by atoms with Gasteiger partial charge in [-0.15, -0.1) is 0 Å². The lowest BCUT2D eigenvalue weighted by molar-refractivity contribution is 0.259. The summed E-state index contributed by atoms with van der Waals surface area (Å²) >= 11 is 0. The number of carbonyl (C=O) groups is 1. The number of benzene rings is 2. The maximum Gasteiger partial charge on any atom is 0.316 e. The topological polar surface area (TPSA) is 67.2 Å². The van der Waals surface area contributed by atoms with Gasteiger partial charge in [-0.25, -0.2) is 4.79 Å². The molecule has 2 aromatic carbocycles. The van der Waals surface area contributed by atoms with Crippen LogP contribution in [0.3, 0.4) is 0 Å². The molecule has 0 radical (unpaired) electrons. The van der Waals surface area contributed by atoms with Gasteiger partial charge in [0.15, 0.2) is 0 Å². The van der Waals surface area contributed by atoms with E-state index >= 15 is 0 Å². The van der Waals surface area contributed by atoms with Crippen LogP contribution in [0.2, 0.25) is 0 Å². The van der Waals surface area contributed by atoms with E-state index in [2.05, 4.69) is 48.7 Å². The smallest absolute Gasteiger partial charge is 0.316 e. The number of hydrogen-bond acceptors (Lipinski definition) is 2. The predicted octanol–water partition coefficient (Wildman–Crippen LogP) is 3.91. The molecule has 1 atom stereocenters. The van der Waals surface area contributed by atoms with E-state index in [4.69, 9.17) is 5.73 Å². The molecule has 1 unspecified atom stereocenters. The Morgan fingerprint density at radius 3 is 2.48 bits per heavy atom. The van der Waals surface area contributed by atoms with E-state index < -0.39 is 6.03 Å². The lowest BCUT2D eigenvalue weighted by Gasteiger charge is -2.17. The summed E-state index contributed by atoms with van der Waals surface area (Å²) in [5.74, 6) is 0. The zero-order chi connectivity index (χ0) is 15.2. The lowest BCUT2D eigenvalue weighted by atomic mass is 10.1. The highest BCUT2D eigenvalue weighted by Gasteiger charge is 2.06. The molecule has 0 heterocycles. The molecule has 4 nitrogen and oxygen atoms in total. The van der Waals surface area contributed by atoms with Gasteiger partial charge >= 0.3 is 6.03 Å². The first-order valence-electron chi connectivity index (χ1n) is 7.10. The molecule has 0 aliphatic rings. The number of nitrogens with two attached hydrogens (primary N) is 1. The van der Waals surface area contributed by atoms with Crippen LogP contribution >= 0.6 is 0 Å². The lowest BCUT2D eigenvalue weighted by Crippen LogP contribution is -2.19. The van der Waals surface area contributed by atoms with Gasteiger partial charge in [0.05, 0.1) is 0 Å². The van der Waals surface area contributed by atoms with E-state index in [0.29, 0.717) is 5.69 Å². The molecule has 2 amide bonds. The Kier molecular flexibility index (Phi) is 4.82. The maximum atomic E-state index is 10.8. The Morgan fingerprint density at radius 1 is 1.14 bits per heavy atom. The molecule has 2 aromatic rings. The molecule has 0 aliphatic carbocycles.